The molecule has 664 valence electrons. The summed E-state index contributed by atoms with van der Waals surface area (Å²) >= 11 is 0. The van der Waals surface area contributed by atoms with Gasteiger partial charge in [0.1, 0.15) is 0 Å². The molecule has 14 atom stereocenters. The number of hydrogen-bond donors (Lipinski definition) is 4. The summed E-state index contributed by atoms with van der Waals surface area (Å²) in [7, 11) is 7.73. The van der Waals surface area contributed by atoms with Gasteiger partial charge in [0.2, 0.25) is 47.3 Å². The largest absolute Gasteiger partial charge is 0.481 e. The number of carbonyl (C=O) groups is 14. The van der Waals surface area contributed by atoms with Crippen LogP contribution >= 0.6 is 0 Å². The minimum Gasteiger partial charge on any atom is -0.481 e. The van der Waals surface area contributed by atoms with Crippen molar-refractivity contribution >= 4 is 83.1 Å². The number of carboxylic acid groups (broad SMARTS) is 4. The molecule has 8 amide bonds. The average Bonchev–Trinajstić information content (AvgIpc) is 1.54. The number of carbonyl (C=O) groups excluding carboxylic acids is 10. The molecule has 0 saturated carbocycles. The zero-order valence-electron chi connectivity index (χ0n) is 76.1. The Bertz CT molecular complexity index is 3390. The molecule has 0 radical (unpaired) electrons. The molecule has 0 bridgehead atoms. The zero-order valence-corrected chi connectivity index (χ0v) is 76.1. The minimum absolute atomic E-state index is 0.00172. The Morgan fingerprint density at radius 3 is 0.897 bits per heavy atom. The van der Waals surface area contributed by atoms with Crippen LogP contribution in [-0.4, -0.2) is 214 Å². The van der Waals surface area contributed by atoms with Gasteiger partial charge in [-0.25, -0.2) is 0 Å². The Morgan fingerprint density at radius 2 is 0.612 bits per heavy atom. The SMILES string of the molecule is CCCCCCCCCCCCN1C(=O)C(CC(C)(C)C(C(=O)O)C(CC(C)(C)C(C(=O)O)C(C)C(=O)OCC)C(=O)O)C(C(C)(C)CC2C(=O)N(CCCN(C)C)C(=O)C2C(C)(C)CC)C1=O.CCCCN1C(=O)C(CC(C)(C)C(C(=O)O)C(C)C(=O)OCC)C(C(C)(C)CC2C(=O)N(CCCN(C)C)C(=O)C2C(C)(C)CC)C1=O. The van der Waals surface area contributed by atoms with Crippen molar-refractivity contribution in [3.63, 3.8) is 0 Å². The van der Waals surface area contributed by atoms with E-state index in [-0.39, 0.29) is 94.0 Å². The predicted molar refractivity (Wildman–Crippen MR) is 444 cm³/mol. The van der Waals surface area contributed by atoms with Crippen molar-refractivity contribution in [2.45, 2.75) is 287 Å². The average molecular weight is 1640 g/mol. The molecule has 4 aliphatic heterocycles. The number of unbranched alkanes of at least 4 members (excludes halogenated alkanes) is 10. The van der Waals surface area contributed by atoms with Crippen molar-refractivity contribution in [1.29, 1.82) is 0 Å². The molecule has 0 aromatic rings. The lowest BCUT2D eigenvalue weighted by Gasteiger charge is -2.43. The zero-order chi connectivity index (χ0) is 89.1. The normalized spacial score (nSPS) is 22.4. The van der Waals surface area contributed by atoms with Crippen LogP contribution in [0.1, 0.15) is 287 Å². The van der Waals surface area contributed by atoms with E-state index in [2.05, 4.69) is 6.92 Å². The van der Waals surface area contributed by atoms with Gasteiger partial charge >= 0.3 is 35.8 Å². The predicted octanol–water partition coefficient (Wildman–Crippen LogP) is 14.2. The minimum atomic E-state index is -1.67. The maximum Gasteiger partial charge on any atom is 0.309 e. The van der Waals surface area contributed by atoms with E-state index in [1.807, 2.05) is 114 Å². The molecule has 4 heterocycles. The molecule has 0 aliphatic carbocycles. The fraction of sp³-hybridized carbons (Fsp3) is 0.844. The Hall–Kier alpha value is -6.70. The fourth-order valence-electron chi connectivity index (χ4n) is 20.1. The first kappa shape index (κ1) is 103. The molecular weight excluding hydrogens is 1490 g/mol. The molecule has 0 aromatic heterocycles. The van der Waals surface area contributed by atoms with Gasteiger partial charge in [-0.1, -0.05) is 216 Å². The molecular formula is C90H154N6O20. The molecule has 14 unspecified atom stereocenters. The molecule has 26 heteroatoms. The summed E-state index contributed by atoms with van der Waals surface area (Å²) in [5.41, 5.74) is -7.03. The van der Waals surface area contributed by atoms with Crippen LogP contribution in [-0.2, 0) is 76.6 Å². The fourth-order valence-corrected chi connectivity index (χ4v) is 20.1. The first-order chi connectivity index (χ1) is 53.6. The number of aliphatic carboxylic acids is 4. The molecule has 0 aromatic carbocycles. The molecule has 116 heavy (non-hydrogen) atoms. The number of hydrogen-bond acceptors (Lipinski definition) is 18. The quantitative estimate of drug-likeness (QED) is 0.0250. The van der Waals surface area contributed by atoms with Crippen LogP contribution in [0.25, 0.3) is 0 Å². The summed E-state index contributed by atoms with van der Waals surface area (Å²) in [5.74, 6) is -24.1. The lowest BCUT2D eigenvalue weighted by molar-refractivity contribution is -0.167. The summed E-state index contributed by atoms with van der Waals surface area (Å²) < 4.78 is 10.3. The highest BCUT2D eigenvalue weighted by Crippen LogP contribution is 2.57. The van der Waals surface area contributed by atoms with Gasteiger partial charge in [0.05, 0.1) is 96.1 Å². The van der Waals surface area contributed by atoms with E-state index >= 15 is 0 Å². The molecule has 4 aliphatic rings. The first-order valence-corrected chi connectivity index (χ1v) is 43.5. The Kier molecular flexibility index (Phi) is 39.3. The third-order valence-corrected chi connectivity index (χ3v) is 26.8. The number of ether oxygens (including phenoxy) is 2. The smallest absolute Gasteiger partial charge is 0.309 e. The van der Waals surface area contributed by atoms with Crippen LogP contribution in [0.4, 0.5) is 0 Å². The maximum atomic E-state index is 14.9. The topological polar surface area (TPSA) is 358 Å². The summed E-state index contributed by atoms with van der Waals surface area (Å²) in [5, 5.41) is 42.5. The standard InChI is InChI=1S/C53H91N3O12.C37H63N3O8/c1-15-18-19-20-21-22-23-24-25-26-29-55-43(58)36(32-53(11,12)41(48(65)66)37(46(61)62)33-51(7,8)38(47(63)64)34(4)49(67)68-17-3)40(45(55)60)52(9,10)31-35-39(50(5,6)16-2)44(59)56(42(35)57)30-27-28-54(13)14;1-13-16-19-39-30(42)25(21-36(7,8)26(33(45)46)23(4)34(47)48-15-3)28(32(39)44)37(9,10)22-24-27(35(5,6)14-2)31(43)40(29(24)41)20-17-18-38(11)12/h34-41H,15-33H2,1-14H3,(H,61,62)(H,63,64)(H,65,66);23-28H,13-22H2,1-12H3,(H,45,46). The lowest BCUT2D eigenvalue weighted by atomic mass is 9.58. The summed E-state index contributed by atoms with van der Waals surface area (Å²) in [6.45, 7) is 41.8. The molecule has 4 rings (SSSR count). The number of amides is 8. The summed E-state index contributed by atoms with van der Waals surface area (Å²) in [4.78, 5) is 202. The highest BCUT2D eigenvalue weighted by atomic mass is 16.5. The van der Waals surface area contributed by atoms with E-state index in [4.69, 9.17) is 9.47 Å². The Balaban J connectivity index is 0.000000637. The van der Waals surface area contributed by atoms with Crippen molar-refractivity contribution in [1.82, 2.24) is 29.4 Å². The second-order valence-corrected chi connectivity index (χ2v) is 39.6. The number of carboxylic acids is 4. The van der Waals surface area contributed by atoms with Gasteiger partial charge in [-0.05, 0) is 151 Å². The summed E-state index contributed by atoms with van der Waals surface area (Å²) in [6, 6.07) is 0. The number of nitrogens with zero attached hydrogens (tertiary/aromatic N) is 6. The highest BCUT2D eigenvalue weighted by Gasteiger charge is 2.63. The van der Waals surface area contributed by atoms with Crippen LogP contribution in [0.2, 0.25) is 0 Å². The second-order valence-electron chi connectivity index (χ2n) is 39.6. The third kappa shape index (κ3) is 25.9. The van der Waals surface area contributed by atoms with Gasteiger partial charge in [-0.3, -0.25) is 86.7 Å². The molecule has 4 fully saturated rings. The van der Waals surface area contributed by atoms with Gasteiger partial charge in [-0.15, -0.1) is 0 Å². The van der Waals surface area contributed by atoms with Gasteiger partial charge < -0.3 is 39.7 Å². The van der Waals surface area contributed by atoms with E-state index in [9.17, 15) is 87.5 Å². The number of esters is 2. The number of imide groups is 4. The lowest BCUT2D eigenvalue weighted by Crippen LogP contribution is -2.47. The van der Waals surface area contributed by atoms with Crippen LogP contribution in [0.15, 0.2) is 0 Å². The van der Waals surface area contributed by atoms with E-state index < -0.39 is 175 Å². The van der Waals surface area contributed by atoms with Crippen molar-refractivity contribution in [3.05, 3.63) is 0 Å². The molecule has 4 saturated heterocycles. The van der Waals surface area contributed by atoms with E-state index in [0.29, 0.717) is 51.6 Å². The van der Waals surface area contributed by atoms with Crippen molar-refractivity contribution in [3.8, 4) is 0 Å². The van der Waals surface area contributed by atoms with Gasteiger partial charge in [0.15, 0.2) is 0 Å². The Labute approximate surface area is 694 Å². The second kappa shape index (κ2) is 44.0. The molecule has 0 spiro atoms. The first-order valence-electron chi connectivity index (χ1n) is 43.5. The van der Waals surface area contributed by atoms with Gasteiger partial charge in [0.25, 0.3) is 0 Å². The summed E-state index contributed by atoms with van der Waals surface area (Å²) in [6.07, 6.45) is 14.1. The number of likely N-dealkylation sites (tertiary alicyclic amines) is 4. The maximum absolute atomic E-state index is 14.9. The van der Waals surface area contributed by atoms with Crippen LogP contribution in [0.5, 0.6) is 0 Å². The highest BCUT2D eigenvalue weighted by molar-refractivity contribution is 6.08. The number of rotatable bonds is 52. The Morgan fingerprint density at radius 1 is 0.345 bits per heavy atom. The van der Waals surface area contributed by atoms with E-state index in [1.165, 1.54) is 79.4 Å². The van der Waals surface area contributed by atoms with E-state index in [1.54, 1.807) is 41.5 Å². The van der Waals surface area contributed by atoms with E-state index in [0.717, 1.165) is 38.6 Å². The van der Waals surface area contributed by atoms with Crippen LogP contribution in [0.3, 0.4) is 0 Å². The van der Waals surface area contributed by atoms with Gasteiger partial charge in [0, 0.05) is 26.2 Å². The van der Waals surface area contributed by atoms with Crippen molar-refractivity contribution < 1.29 is 97.0 Å². The monoisotopic (exact) mass is 1640 g/mol. The molecule has 4 N–H and O–H groups in total. The van der Waals surface area contributed by atoms with Crippen LogP contribution in [0, 0.1) is 121 Å². The van der Waals surface area contributed by atoms with Gasteiger partial charge in [-0.2, -0.15) is 0 Å². The van der Waals surface area contributed by atoms with Crippen molar-refractivity contribution in [2.75, 3.05) is 80.7 Å². The van der Waals surface area contributed by atoms with Crippen molar-refractivity contribution in [2.24, 2.45) is 121 Å². The van der Waals surface area contributed by atoms with Crippen LogP contribution < -0.4 is 0 Å². The molecule has 26 nitrogen and oxygen atoms in total. The third-order valence-electron chi connectivity index (χ3n) is 26.8.